The second kappa shape index (κ2) is 7.45. The van der Waals surface area contributed by atoms with E-state index in [4.69, 9.17) is 16.3 Å². The lowest BCUT2D eigenvalue weighted by atomic mass is 10.2. The molecule has 1 aromatic carbocycles. The largest absolute Gasteiger partial charge is 0.443 e. The van der Waals surface area contributed by atoms with Crippen molar-refractivity contribution in [2.75, 3.05) is 11.4 Å². The molecule has 0 aliphatic carbocycles. The number of rotatable bonds is 5. The molecule has 0 radical (unpaired) electrons. The zero-order chi connectivity index (χ0) is 16.9. The fourth-order valence-corrected chi connectivity index (χ4v) is 2.00. The molecule has 122 valence electrons. The van der Waals surface area contributed by atoms with E-state index >= 15 is 0 Å². The number of ether oxygens (including phenoxy) is 1. The van der Waals surface area contributed by atoms with Crippen molar-refractivity contribution in [1.29, 1.82) is 0 Å². The van der Waals surface area contributed by atoms with Crippen molar-refractivity contribution in [3.63, 3.8) is 0 Å². The highest BCUT2D eigenvalue weighted by atomic mass is 35.5. The highest BCUT2D eigenvalue weighted by Gasteiger charge is 2.24. The van der Waals surface area contributed by atoms with E-state index in [0.29, 0.717) is 12.2 Å². The van der Waals surface area contributed by atoms with Crippen molar-refractivity contribution < 1.29 is 14.5 Å². The Morgan fingerprint density at radius 1 is 1.36 bits per heavy atom. The second-order valence-electron chi connectivity index (χ2n) is 5.91. The second-order valence-corrected chi connectivity index (χ2v) is 6.35. The first kappa shape index (κ1) is 18.2. The number of nitro groups is 1. The third kappa shape index (κ3) is 5.52. The highest BCUT2D eigenvalue weighted by Crippen LogP contribution is 2.28. The number of hydrogen-bond donors (Lipinski definition) is 0. The maximum absolute atomic E-state index is 12.3. The van der Waals surface area contributed by atoms with E-state index < -0.39 is 16.6 Å². The lowest BCUT2D eigenvalue weighted by Crippen LogP contribution is -2.37. The fraction of sp³-hybridized carbons (Fsp3) is 0.533. The Bertz CT molecular complexity index is 555. The summed E-state index contributed by atoms with van der Waals surface area (Å²) in [7, 11) is 0. The molecular weight excluding hydrogens is 308 g/mol. The average Bonchev–Trinajstić information content (AvgIpc) is 2.36. The van der Waals surface area contributed by atoms with Gasteiger partial charge in [0, 0.05) is 23.7 Å². The third-order valence-electron chi connectivity index (χ3n) is 2.74. The van der Waals surface area contributed by atoms with Gasteiger partial charge in [-0.25, -0.2) is 4.79 Å². The Morgan fingerprint density at radius 3 is 2.50 bits per heavy atom. The summed E-state index contributed by atoms with van der Waals surface area (Å²) in [5.41, 5.74) is -0.444. The van der Waals surface area contributed by atoms with E-state index in [-0.39, 0.29) is 10.7 Å². The topological polar surface area (TPSA) is 72.7 Å². The van der Waals surface area contributed by atoms with Gasteiger partial charge in [0.1, 0.15) is 5.60 Å². The molecule has 0 saturated heterocycles. The number of nitrogens with zero attached hydrogens (tertiary/aromatic N) is 2. The van der Waals surface area contributed by atoms with E-state index in [0.717, 1.165) is 12.8 Å². The van der Waals surface area contributed by atoms with Crippen LogP contribution < -0.4 is 4.90 Å². The van der Waals surface area contributed by atoms with Crippen LogP contribution in [0.2, 0.25) is 5.02 Å². The maximum Gasteiger partial charge on any atom is 0.414 e. The first-order valence-corrected chi connectivity index (χ1v) is 7.47. The van der Waals surface area contributed by atoms with Crippen LogP contribution in [0.25, 0.3) is 0 Å². The van der Waals surface area contributed by atoms with Gasteiger partial charge < -0.3 is 4.74 Å². The molecule has 1 aromatic rings. The summed E-state index contributed by atoms with van der Waals surface area (Å²) in [4.78, 5) is 24.1. The molecule has 1 rings (SSSR count). The molecule has 0 saturated carbocycles. The number of halogens is 1. The number of nitro benzene ring substituents is 1. The summed E-state index contributed by atoms with van der Waals surface area (Å²) in [6, 6.07) is 4.09. The quantitative estimate of drug-likeness (QED) is 0.575. The van der Waals surface area contributed by atoms with Gasteiger partial charge in [0.15, 0.2) is 0 Å². The molecule has 0 aliphatic heterocycles. The summed E-state index contributed by atoms with van der Waals surface area (Å²) in [6.07, 6.45) is 1.08. The third-order valence-corrected chi connectivity index (χ3v) is 2.96. The van der Waals surface area contributed by atoms with Crippen LogP contribution >= 0.6 is 11.6 Å². The number of carbonyl (C=O) groups is 1. The van der Waals surface area contributed by atoms with Crippen molar-refractivity contribution in [1.82, 2.24) is 0 Å². The van der Waals surface area contributed by atoms with Crippen molar-refractivity contribution in [2.45, 2.75) is 46.1 Å². The summed E-state index contributed by atoms with van der Waals surface area (Å²) < 4.78 is 5.37. The maximum atomic E-state index is 12.3. The first-order chi connectivity index (χ1) is 10.1. The van der Waals surface area contributed by atoms with Gasteiger partial charge in [-0.2, -0.15) is 0 Å². The van der Waals surface area contributed by atoms with Gasteiger partial charge in [0.2, 0.25) is 0 Å². The molecule has 7 heteroatoms. The van der Waals surface area contributed by atoms with Crippen LogP contribution in [-0.4, -0.2) is 23.2 Å². The lowest BCUT2D eigenvalue weighted by Gasteiger charge is -2.27. The van der Waals surface area contributed by atoms with Gasteiger partial charge in [-0.1, -0.05) is 24.9 Å². The van der Waals surface area contributed by atoms with Crippen LogP contribution in [0.5, 0.6) is 0 Å². The molecule has 0 aliphatic rings. The van der Waals surface area contributed by atoms with Crippen molar-refractivity contribution in [2.24, 2.45) is 0 Å². The molecule has 0 heterocycles. The van der Waals surface area contributed by atoms with Gasteiger partial charge in [0.05, 0.1) is 10.6 Å². The molecule has 0 unspecified atom stereocenters. The molecule has 1 amide bonds. The Balaban J connectivity index is 3.16. The summed E-state index contributed by atoms with van der Waals surface area (Å²) in [5, 5.41) is 11.2. The molecule has 0 spiro atoms. The number of hydrogen-bond acceptors (Lipinski definition) is 4. The minimum absolute atomic E-state index is 0.160. The molecule has 0 bridgehead atoms. The van der Waals surface area contributed by atoms with Crippen molar-refractivity contribution >= 4 is 29.1 Å². The van der Waals surface area contributed by atoms with E-state index in [2.05, 4.69) is 0 Å². The minimum Gasteiger partial charge on any atom is -0.443 e. The van der Waals surface area contributed by atoms with E-state index in [1.165, 1.54) is 23.1 Å². The minimum atomic E-state index is -0.647. The van der Waals surface area contributed by atoms with E-state index in [1.54, 1.807) is 20.8 Å². The number of anilines is 1. The lowest BCUT2D eigenvalue weighted by molar-refractivity contribution is -0.384. The van der Waals surface area contributed by atoms with Crippen LogP contribution in [0.15, 0.2) is 18.2 Å². The fourth-order valence-electron chi connectivity index (χ4n) is 1.78. The predicted molar refractivity (Wildman–Crippen MR) is 86.6 cm³/mol. The van der Waals surface area contributed by atoms with Gasteiger partial charge in [-0.3, -0.25) is 15.0 Å². The SMILES string of the molecule is CCCCN(C(=O)OC(C)(C)C)c1cc(Cl)cc([N+](=O)[O-])c1. The number of unbranched alkanes of at least 4 members (excludes halogenated alkanes) is 1. The highest BCUT2D eigenvalue weighted by molar-refractivity contribution is 6.31. The Kier molecular flexibility index (Phi) is 6.17. The predicted octanol–water partition coefficient (Wildman–Crippen LogP) is 4.79. The zero-order valence-electron chi connectivity index (χ0n) is 13.3. The first-order valence-electron chi connectivity index (χ1n) is 7.09. The normalized spacial score (nSPS) is 11.1. The molecule has 0 fully saturated rings. The Labute approximate surface area is 135 Å². The Hall–Kier alpha value is -1.82. The smallest absolute Gasteiger partial charge is 0.414 e. The zero-order valence-corrected chi connectivity index (χ0v) is 14.0. The summed E-state index contributed by atoms with van der Waals surface area (Å²) >= 11 is 5.93. The molecule has 0 aromatic heterocycles. The monoisotopic (exact) mass is 328 g/mol. The number of non-ortho nitro benzene ring substituents is 1. The summed E-state index contributed by atoms with van der Waals surface area (Å²) in [6.45, 7) is 7.70. The van der Waals surface area contributed by atoms with Crippen LogP contribution in [-0.2, 0) is 4.74 Å². The average molecular weight is 329 g/mol. The van der Waals surface area contributed by atoms with Crippen LogP contribution in [0.1, 0.15) is 40.5 Å². The van der Waals surface area contributed by atoms with Crippen molar-refractivity contribution in [3.05, 3.63) is 33.3 Å². The van der Waals surface area contributed by atoms with E-state index in [1.807, 2.05) is 6.92 Å². The van der Waals surface area contributed by atoms with Crippen molar-refractivity contribution in [3.8, 4) is 0 Å². The molecule has 0 atom stereocenters. The van der Waals surface area contributed by atoms with Crippen LogP contribution in [0.4, 0.5) is 16.2 Å². The van der Waals surface area contributed by atoms with Gasteiger partial charge in [-0.05, 0) is 33.3 Å². The number of amides is 1. The standard InChI is InChI=1S/C15H21ClN2O4/c1-5-6-7-17(14(19)22-15(2,3)4)12-8-11(16)9-13(10-12)18(20)21/h8-10H,5-7H2,1-4H3. The van der Waals surface area contributed by atoms with Gasteiger partial charge in [0.25, 0.3) is 5.69 Å². The molecular formula is C15H21ClN2O4. The number of benzene rings is 1. The Morgan fingerprint density at radius 2 is 2.00 bits per heavy atom. The molecule has 22 heavy (non-hydrogen) atoms. The molecule has 6 nitrogen and oxygen atoms in total. The summed E-state index contributed by atoms with van der Waals surface area (Å²) in [5.74, 6) is 0. The van der Waals surface area contributed by atoms with Gasteiger partial charge >= 0.3 is 6.09 Å². The van der Waals surface area contributed by atoms with Gasteiger partial charge in [-0.15, -0.1) is 0 Å². The molecule has 0 N–H and O–H groups in total. The number of carbonyl (C=O) groups excluding carboxylic acids is 1. The van der Waals surface area contributed by atoms with Crippen LogP contribution in [0.3, 0.4) is 0 Å². The van der Waals surface area contributed by atoms with Crippen LogP contribution in [0, 0.1) is 10.1 Å². The van der Waals surface area contributed by atoms with E-state index in [9.17, 15) is 14.9 Å².